The molecule has 1 heterocycles. The first-order valence-electron chi connectivity index (χ1n) is 6.72. The molecule has 18 heavy (non-hydrogen) atoms. The summed E-state index contributed by atoms with van der Waals surface area (Å²) in [6.07, 6.45) is 2.63. The Hall–Kier alpha value is -1.10. The summed E-state index contributed by atoms with van der Waals surface area (Å²) in [5.74, 6) is -0.305. The van der Waals surface area contributed by atoms with Gasteiger partial charge in [-0.25, -0.2) is 0 Å². The van der Waals surface area contributed by atoms with Gasteiger partial charge < -0.3 is 14.4 Å². The van der Waals surface area contributed by atoms with Gasteiger partial charge in [-0.05, 0) is 26.7 Å². The van der Waals surface area contributed by atoms with E-state index in [1.807, 2.05) is 6.92 Å². The molecule has 5 heteroatoms. The molecule has 1 aliphatic rings. The van der Waals surface area contributed by atoms with Gasteiger partial charge in [-0.1, -0.05) is 0 Å². The molecule has 5 nitrogen and oxygen atoms in total. The highest BCUT2D eigenvalue weighted by atomic mass is 16.5. The summed E-state index contributed by atoms with van der Waals surface area (Å²) in [6.45, 7) is 6.14. The van der Waals surface area contributed by atoms with E-state index in [1.165, 1.54) is 0 Å². The number of esters is 1. The Balaban J connectivity index is 2.29. The van der Waals surface area contributed by atoms with Crippen LogP contribution in [0.4, 0.5) is 0 Å². The Bertz CT molecular complexity index is 274. The number of rotatable bonds is 7. The van der Waals surface area contributed by atoms with E-state index in [0.717, 1.165) is 19.4 Å². The fourth-order valence-corrected chi connectivity index (χ4v) is 2.04. The second-order valence-corrected chi connectivity index (χ2v) is 4.37. The minimum absolute atomic E-state index is 0.000975. The molecule has 0 N–H and O–H groups in total. The average Bonchev–Trinajstić information content (AvgIpc) is 2.86. The minimum Gasteiger partial charge on any atom is -0.466 e. The molecule has 0 bridgehead atoms. The van der Waals surface area contributed by atoms with Crippen LogP contribution in [0.15, 0.2) is 0 Å². The van der Waals surface area contributed by atoms with Gasteiger partial charge in [0.1, 0.15) is 0 Å². The number of nitrogens with zero attached hydrogens (tertiary/aromatic N) is 1. The van der Waals surface area contributed by atoms with Crippen LogP contribution in [0.1, 0.15) is 39.5 Å². The molecular formula is C13H23NO4. The Morgan fingerprint density at radius 2 is 2.11 bits per heavy atom. The van der Waals surface area contributed by atoms with Gasteiger partial charge >= 0.3 is 5.97 Å². The van der Waals surface area contributed by atoms with Crippen molar-refractivity contribution in [1.29, 1.82) is 0 Å². The number of ether oxygens (including phenoxy) is 2. The Kier molecular flexibility index (Phi) is 6.72. The van der Waals surface area contributed by atoms with Crippen LogP contribution in [0.2, 0.25) is 0 Å². The molecule has 1 unspecified atom stereocenters. The number of hydrogen-bond donors (Lipinski definition) is 0. The molecular weight excluding hydrogens is 234 g/mol. The first-order valence-corrected chi connectivity index (χ1v) is 6.72. The topological polar surface area (TPSA) is 55.8 Å². The third kappa shape index (κ3) is 5.04. The molecule has 0 saturated carbocycles. The average molecular weight is 257 g/mol. The van der Waals surface area contributed by atoms with Crippen LogP contribution in [0.25, 0.3) is 0 Å². The van der Waals surface area contributed by atoms with Gasteiger partial charge in [0, 0.05) is 26.1 Å². The van der Waals surface area contributed by atoms with Crippen molar-refractivity contribution in [3.8, 4) is 0 Å². The zero-order chi connectivity index (χ0) is 13.4. The van der Waals surface area contributed by atoms with E-state index in [-0.39, 0.29) is 30.8 Å². The molecule has 1 atom stereocenters. The third-order valence-corrected chi connectivity index (χ3v) is 3.03. The van der Waals surface area contributed by atoms with Crippen LogP contribution in [0.3, 0.4) is 0 Å². The lowest BCUT2D eigenvalue weighted by molar-refractivity contribution is -0.145. The molecule has 1 rings (SSSR count). The van der Waals surface area contributed by atoms with Crippen LogP contribution >= 0.6 is 0 Å². The van der Waals surface area contributed by atoms with Gasteiger partial charge in [0.25, 0.3) is 0 Å². The van der Waals surface area contributed by atoms with E-state index in [4.69, 9.17) is 9.47 Å². The number of carbonyl (C=O) groups excluding carboxylic acids is 2. The number of likely N-dealkylation sites (N-methyl/N-ethyl adjacent to an activating group) is 1. The lowest BCUT2D eigenvalue weighted by atomic mass is 10.2. The van der Waals surface area contributed by atoms with Crippen molar-refractivity contribution >= 4 is 11.9 Å². The third-order valence-electron chi connectivity index (χ3n) is 3.03. The summed E-state index contributed by atoms with van der Waals surface area (Å²) < 4.78 is 10.3. The standard InChI is InChI=1S/C13H23NO4/c1-3-14(10-11-6-5-9-18-11)12(15)7-8-13(16)17-4-2/h11H,3-10H2,1-2H3. The van der Waals surface area contributed by atoms with Gasteiger partial charge in [-0.3, -0.25) is 9.59 Å². The highest BCUT2D eigenvalue weighted by Gasteiger charge is 2.21. The van der Waals surface area contributed by atoms with E-state index in [0.29, 0.717) is 19.7 Å². The summed E-state index contributed by atoms with van der Waals surface area (Å²) in [5.41, 5.74) is 0. The SMILES string of the molecule is CCOC(=O)CCC(=O)N(CC)CC1CCCO1. The predicted molar refractivity (Wildman–Crippen MR) is 67.1 cm³/mol. The van der Waals surface area contributed by atoms with Crippen molar-refractivity contribution in [2.24, 2.45) is 0 Å². The van der Waals surface area contributed by atoms with E-state index < -0.39 is 0 Å². The molecule has 0 aromatic heterocycles. The summed E-state index contributed by atoms with van der Waals surface area (Å²) >= 11 is 0. The fraction of sp³-hybridized carbons (Fsp3) is 0.846. The van der Waals surface area contributed by atoms with Crippen LogP contribution in [-0.2, 0) is 19.1 Å². The predicted octanol–water partition coefficient (Wildman–Crippen LogP) is 1.36. The van der Waals surface area contributed by atoms with Crippen LogP contribution < -0.4 is 0 Å². The molecule has 1 fully saturated rings. The number of amides is 1. The number of carbonyl (C=O) groups is 2. The van der Waals surface area contributed by atoms with Crippen molar-refractivity contribution in [1.82, 2.24) is 4.90 Å². The largest absolute Gasteiger partial charge is 0.466 e. The Labute approximate surface area is 108 Å². The zero-order valence-corrected chi connectivity index (χ0v) is 11.3. The lowest BCUT2D eigenvalue weighted by Gasteiger charge is -2.23. The van der Waals surface area contributed by atoms with Gasteiger partial charge in [-0.15, -0.1) is 0 Å². The van der Waals surface area contributed by atoms with Crippen LogP contribution in [0, 0.1) is 0 Å². The van der Waals surface area contributed by atoms with Crippen molar-refractivity contribution in [2.75, 3.05) is 26.3 Å². The highest BCUT2D eigenvalue weighted by molar-refractivity contribution is 5.81. The lowest BCUT2D eigenvalue weighted by Crippen LogP contribution is -2.37. The smallest absolute Gasteiger partial charge is 0.306 e. The maximum Gasteiger partial charge on any atom is 0.306 e. The second-order valence-electron chi connectivity index (χ2n) is 4.37. The summed E-state index contributed by atoms with van der Waals surface area (Å²) in [4.78, 5) is 24.9. The summed E-state index contributed by atoms with van der Waals surface area (Å²) in [6, 6.07) is 0. The van der Waals surface area contributed by atoms with Gasteiger partial charge in [0.2, 0.25) is 5.91 Å². The van der Waals surface area contributed by atoms with E-state index in [9.17, 15) is 9.59 Å². The van der Waals surface area contributed by atoms with Gasteiger partial charge in [-0.2, -0.15) is 0 Å². The fourth-order valence-electron chi connectivity index (χ4n) is 2.04. The highest BCUT2D eigenvalue weighted by Crippen LogP contribution is 2.14. The van der Waals surface area contributed by atoms with E-state index in [1.54, 1.807) is 11.8 Å². The minimum atomic E-state index is -0.306. The molecule has 0 spiro atoms. The van der Waals surface area contributed by atoms with E-state index in [2.05, 4.69) is 0 Å². The maximum absolute atomic E-state index is 11.9. The van der Waals surface area contributed by atoms with Gasteiger partial charge in [0.15, 0.2) is 0 Å². The first-order chi connectivity index (χ1) is 8.67. The molecule has 0 aromatic rings. The molecule has 1 aliphatic heterocycles. The Morgan fingerprint density at radius 3 is 2.67 bits per heavy atom. The van der Waals surface area contributed by atoms with Crippen LogP contribution in [0.5, 0.6) is 0 Å². The second kappa shape index (κ2) is 8.08. The normalized spacial score (nSPS) is 18.7. The molecule has 104 valence electrons. The van der Waals surface area contributed by atoms with Crippen LogP contribution in [-0.4, -0.2) is 49.2 Å². The summed E-state index contributed by atoms with van der Waals surface area (Å²) in [5, 5.41) is 0. The van der Waals surface area contributed by atoms with Gasteiger partial charge in [0.05, 0.1) is 19.1 Å². The van der Waals surface area contributed by atoms with Crippen molar-refractivity contribution in [3.05, 3.63) is 0 Å². The van der Waals surface area contributed by atoms with Crippen molar-refractivity contribution in [2.45, 2.75) is 45.6 Å². The molecule has 0 aliphatic carbocycles. The molecule has 0 aromatic carbocycles. The summed E-state index contributed by atoms with van der Waals surface area (Å²) in [7, 11) is 0. The molecule has 0 radical (unpaired) electrons. The maximum atomic E-state index is 11.9. The quantitative estimate of drug-likeness (QED) is 0.646. The zero-order valence-electron chi connectivity index (χ0n) is 11.3. The molecule has 1 saturated heterocycles. The van der Waals surface area contributed by atoms with E-state index >= 15 is 0 Å². The molecule has 1 amide bonds. The number of hydrogen-bond acceptors (Lipinski definition) is 4. The monoisotopic (exact) mass is 257 g/mol. The van der Waals surface area contributed by atoms with Crippen molar-refractivity contribution < 1.29 is 19.1 Å². The Morgan fingerprint density at radius 1 is 1.33 bits per heavy atom. The first kappa shape index (κ1) is 15.0. The van der Waals surface area contributed by atoms with Crippen molar-refractivity contribution in [3.63, 3.8) is 0 Å².